The first-order valence-corrected chi connectivity index (χ1v) is 8.94. The van der Waals surface area contributed by atoms with Crippen molar-refractivity contribution in [3.05, 3.63) is 26.5 Å². The van der Waals surface area contributed by atoms with Gasteiger partial charge < -0.3 is 0 Å². The van der Waals surface area contributed by atoms with Gasteiger partial charge in [0.2, 0.25) is 10.0 Å². The second-order valence-electron chi connectivity index (χ2n) is 6.11. The fraction of sp³-hybridized carbons (Fsp3) is 0.714. The third kappa shape index (κ3) is 2.89. The smallest absolute Gasteiger partial charge is 0.300 e. The molecule has 1 heterocycles. The van der Waals surface area contributed by atoms with Crippen LogP contribution in [0.4, 0.5) is 0 Å². The van der Waals surface area contributed by atoms with E-state index in [0.717, 1.165) is 30.3 Å². The maximum atomic E-state index is 12.7. The van der Waals surface area contributed by atoms with Gasteiger partial charge in [0, 0.05) is 25.8 Å². The molecule has 7 nitrogen and oxygen atoms in total. The highest BCUT2D eigenvalue weighted by Crippen LogP contribution is 2.25. The number of rotatable bonds is 3. The first-order valence-electron chi connectivity index (χ1n) is 7.45. The van der Waals surface area contributed by atoms with Crippen LogP contribution in [0.1, 0.15) is 38.3 Å². The van der Waals surface area contributed by atoms with Gasteiger partial charge in [-0.2, -0.15) is 0 Å². The second-order valence-corrected chi connectivity index (χ2v) is 7.76. The van der Waals surface area contributed by atoms with Crippen LogP contribution in [0.3, 0.4) is 0 Å². The molecule has 2 rings (SSSR count). The van der Waals surface area contributed by atoms with Crippen molar-refractivity contribution >= 4 is 10.0 Å². The monoisotopic (exact) mass is 329 g/mol. The Kier molecular flexibility index (Phi) is 4.62. The summed E-state index contributed by atoms with van der Waals surface area (Å²) < 4.78 is 30.0. The summed E-state index contributed by atoms with van der Waals surface area (Å²) >= 11 is 0. The minimum absolute atomic E-state index is 0.157. The molecular formula is C14H23N3O4S. The lowest BCUT2D eigenvalue weighted by molar-refractivity contribution is 0.310. The predicted octanol–water partition coefficient (Wildman–Crippen LogP) is 0.249. The normalized spacial score (nSPS) is 22.7. The molecule has 1 saturated carbocycles. The van der Waals surface area contributed by atoms with Crippen molar-refractivity contribution in [3.8, 4) is 0 Å². The van der Waals surface area contributed by atoms with Gasteiger partial charge in [0.25, 0.3) is 5.56 Å². The highest BCUT2D eigenvalue weighted by molar-refractivity contribution is 7.89. The van der Waals surface area contributed by atoms with Crippen molar-refractivity contribution in [3.63, 3.8) is 0 Å². The van der Waals surface area contributed by atoms with Crippen LogP contribution < -0.4 is 16.0 Å². The molecule has 0 unspecified atom stereocenters. The fourth-order valence-corrected chi connectivity index (χ4v) is 4.73. The van der Waals surface area contributed by atoms with Crippen LogP contribution in [0.25, 0.3) is 0 Å². The van der Waals surface area contributed by atoms with E-state index in [1.54, 1.807) is 0 Å². The van der Waals surface area contributed by atoms with Crippen molar-refractivity contribution < 1.29 is 8.42 Å². The number of aromatic nitrogens is 2. The molecule has 0 radical (unpaired) electrons. The zero-order valence-corrected chi connectivity index (χ0v) is 14.2. The van der Waals surface area contributed by atoms with Crippen LogP contribution in [-0.4, -0.2) is 23.6 Å². The Labute approximate surface area is 130 Å². The summed E-state index contributed by atoms with van der Waals surface area (Å²) in [5.74, 6) is 0.236. The molecule has 1 aliphatic rings. The Morgan fingerprint density at radius 2 is 1.68 bits per heavy atom. The summed E-state index contributed by atoms with van der Waals surface area (Å²) in [7, 11) is -1.22. The molecule has 2 atom stereocenters. The molecule has 0 bridgehead atoms. The number of hydrogen-bond donors (Lipinski definition) is 1. The Balaban J connectivity index is 2.51. The number of nitrogens with zero attached hydrogens (tertiary/aromatic N) is 2. The molecule has 1 aromatic rings. The topological polar surface area (TPSA) is 90.2 Å². The minimum Gasteiger partial charge on any atom is -0.300 e. The lowest BCUT2D eigenvalue weighted by atomic mass is 9.87. The Bertz CT molecular complexity index is 792. The maximum Gasteiger partial charge on any atom is 0.330 e. The molecule has 1 aliphatic carbocycles. The van der Waals surface area contributed by atoms with E-state index in [4.69, 9.17) is 0 Å². The molecular weight excluding hydrogens is 306 g/mol. The molecule has 0 aliphatic heterocycles. The number of hydrogen-bond acceptors (Lipinski definition) is 4. The van der Waals surface area contributed by atoms with E-state index < -0.39 is 21.3 Å². The summed E-state index contributed by atoms with van der Waals surface area (Å²) in [4.78, 5) is 23.8. The van der Waals surface area contributed by atoms with Gasteiger partial charge in [-0.05, 0) is 25.7 Å². The first-order chi connectivity index (χ1) is 10.2. The summed E-state index contributed by atoms with van der Waals surface area (Å²) in [5, 5.41) is 0. The van der Waals surface area contributed by atoms with Gasteiger partial charge in [-0.15, -0.1) is 0 Å². The molecule has 0 amide bonds. The quantitative estimate of drug-likeness (QED) is 0.861. The number of nitrogens with one attached hydrogen (secondary N) is 1. The zero-order chi connectivity index (χ0) is 16.7. The van der Waals surface area contributed by atoms with Gasteiger partial charge in [0.1, 0.15) is 0 Å². The van der Waals surface area contributed by atoms with Gasteiger partial charge in [0.05, 0.1) is 0 Å². The molecule has 0 saturated heterocycles. The molecule has 8 heteroatoms. The summed E-state index contributed by atoms with van der Waals surface area (Å²) in [5.41, 5.74) is -1.16. The van der Waals surface area contributed by atoms with E-state index in [0.29, 0.717) is 0 Å². The SMILES string of the molecule is Cc1c(S(=O)(=O)N[C@H]2CCCC[C@H]2C)c(=O)n(C)c(=O)n1C. The van der Waals surface area contributed by atoms with Gasteiger partial charge in [-0.1, -0.05) is 19.8 Å². The van der Waals surface area contributed by atoms with Crippen molar-refractivity contribution in [2.45, 2.75) is 50.5 Å². The van der Waals surface area contributed by atoms with Gasteiger partial charge in [-0.25, -0.2) is 17.9 Å². The predicted molar refractivity (Wildman–Crippen MR) is 83.4 cm³/mol. The van der Waals surface area contributed by atoms with Crippen LogP contribution in [0.15, 0.2) is 14.5 Å². The summed E-state index contributed by atoms with van der Waals surface area (Å²) in [6, 6.07) is -0.167. The fourth-order valence-electron chi connectivity index (χ4n) is 2.97. The molecule has 1 aromatic heterocycles. The van der Waals surface area contributed by atoms with E-state index in [1.807, 2.05) is 6.92 Å². The highest BCUT2D eigenvalue weighted by Gasteiger charge is 2.30. The molecule has 22 heavy (non-hydrogen) atoms. The van der Waals surface area contributed by atoms with Crippen molar-refractivity contribution in [1.82, 2.24) is 13.9 Å². The van der Waals surface area contributed by atoms with Crippen LogP contribution in [0.5, 0.6) is 0 Å². The Morgan fingerprint density at radius 3 is 2.27 bits per heavy atom. The van der Waals surface area contributed by atoms with Gasteiger partial charge in [0.15, 0.2) is 4.90 Å². The average Bonchev–Trinajstić information content (AvgIpc) is 2.45. The lowest BCUT2D eigenvalue weighted by Crippen LogP contribution is -2.47. The van der Waals surface area contributed by atoms with Crippen LogP contribution in [0, 0.1) is 12.8 Å². The largest absolute Gasteiger partial charge is 0.330 e. The van der Waals surface area contributed by atoms with E-state index >= 15 is 0 Å². The van der Waals surface area contributed by atoms with Crippen LogP contribution in [-0.2, 0) is 24.1 Å². The highest BCUT2D eigenvalue weighted by atomic mass is 32.2. The second kappa shape index (κ2) is 6.00. The van der Waals surface area contributed by atoms with Crippen LogP contribution >= 0.6 is 0 Å². The molecule has 1 fully saturated rings. The maximum absolute atomic E-state index is 12.7. The van der Waals surface area contributed by atoms with E-state index in [2.05, 4.69) is 4.72 Å². The van der Waals surface area contributed by atoms with Crippen molar-refractivity contribution in [2.24, 2.45) is 20.0 Å². The third-order valence-corrected chi connectivity index (χ3v) is 6.21. The number of sulfonamides is 1. The third-order valence-electron chi connectivity index (χ3n) is 4.59. The first kappa shape index (κ1) is 17.0. The average molecular weight is 329 g/mol. The van der Waals surface area contributed by atoms with Crippen molar-refractivity contribution in [1.29, 1.82) is 0 Å². The van der Waals surface area contributed by atoms with Gasteiger partial charge >= 0.3 is 5.69 Å². The lowest BCUT2D eigenvalue weighted by Gasteiger charge is -2.29. The zero-order valence-electron chi connectivity index (χ0n) is 13.4. The molecule has 0 aromatic carbocycles. The van der Waals surface area contributed by atoms with Crippen LogP contribution in [0.2, 0.25) is 0 Å². The molecule has 0 spiro atoms. The summed E-state index contributed by atoms with van der Waals surface area (Å²) in [6.07, 6.45) is 3.81. The Hall–Kier alpha value is -1.41. The summed E-state index contributed by atoms with van der Waals surface area (Å²) in [6.45, 7) is 3.49. The van der Waals surface area contributed by atoms with E-state index in [9.17, 15) is 18.0 Å². The minimum atomic E-state index is -3.96. The van der Waals surface area contributed by atoms with E-state index in [-0.39, 0.29) is 22.5 Å². The van der Waals surface area contributed by atoms with E-state index in [1.165, 1.54) is 25.6 Å². The molecule has 1 N–H and O–H groups in total. The Morgan fingerprint density at radius 1 is 1.09 bits per heavy atom. The molecule has 124 valence electrons. The standard InChI is InChI=1S/C14H23N3O4S/c1-9-7-5-6-8-11(9)15-22(20,21)12-10(2)16(3)14(19)17(4)13(12)18/h9,11,15H,5-8H2,1-4H3/t9-,11+/m1/s1. The van der Waals surface area contributed by atoms with Gasteiger partial charge in [-0.3, -0.25) is 13.9 Å². The van der Waals surface area contributed by atoms with Crippen molar-refractivity contribution in [2.75, 3.05) is 0 Å².